The third kappa shape index (κ3) is 3.04. The van der Waals surface area contributed by atoms with E-state index in [4.69, 9.17) is 9.47 Å². The van der Waals surface area contributed by atoms with Crippen molar-refractivity contribution in [2.45, 2.75) is 85.2 Å². The molecule has 156 valence electrons. The predicted molar refractivity (Wildman–Crippen MR) is 112 cm³/mol. The van der Waals surface area contributed by atoms with Crippen LogP contribution in [0.5, 0.6) is 0 Å². The van der Waals surface area contributed by atoms with E-state index >= 15 is 0 Å². The van der Waals surface area contributed by atoms with Crippen LogP contribution in [0.3, 0.4) is 0 Å². The fraction of sp³-hybridized carbons (Fsp3) is 0.800. The van der Waals surface area contributed by atoms with Crippen molar-refractivity contribution in [3.05, 3.63) is 23.5 Å². The van der Waals surface area contributed by atoms with Gasteiger partial charge in [0.05, 0.1) is 13.4 Å². The highest BCUT2D eigenvalue weighted by atomic mass is 16.5. The Bertz CT molecular complexity index is 692. The lowest BCUT2D eigenvalue weighted by Crippen LogP contribution is -2.50. The number of carbonyl (C=O) groups excluding carboxylic acids is 1. The van der Waals surface area contributed by atoms with Crippen molar-refractivity contribution in [2.24, 2.45) is 34.5 Å². The summed E-state index contributed by atoms with van der Waals surface area (Å²) in [6.45, 7) is 8.89. The minimum Gasteiger partial charge on any atom is -0.504 e. The van der Waals surface area contributed by atoms with Gasteiger partial charge in [0.2, 0.25) is 0 Å². The Balaban J connectivity index is 1.57. The summed E-state index contributed by atoms with van der Waals surface area (Å²) < 4.78 is 10.9. The second-order valence-corrected chi connectivity index (χ2v) is 10.5. The molecule has 0 heterocycles. The molecule has 28 heavy (non-hydrogen) atoms. The van der Waals surface area contributed by atoms with Crippen LogP contribution in [0.4, 0.5) is 0 Å². The minimum atomic E-state index is -0.132. The molecule has 0 saturated heterocycles. The SMILES string of the molecule is CO/C=C(\C)C1CCC2C3CC=C4CC(OC(C)=O)CCC4(C)C3CCC12C. The summed E-state index contributed by atoms with van der Waals surface area (Å²) in [5.41, 5.74) is 3.76. The normalized spacial score (nSPS) is 45.4. The molecule has 0 aliphatic heterocycles. The van der Waals surface area contributed by atoms with Gasteiger partial charge in [-0.2, -0.15) is 0 Å². The Morgan fingerprint density at radius 1 is 1.11 bits per heavy atom. The molecule has 0 radical (unpaired) electrons. The molecule has 0 bridgehead atoms. The number of carbonyl (C=O) groups is 1. The van der Waals surface area contributed by atoms with Crippen LogP contribution in [0.1, 0.15) is 79.1 Å². The van der Waals surface area contributed by atoms with Crippen molar-refractivity contribution in [2.75, 3.05) is 7.11 Å². The van der Waals surface area contributed by atoms with Crippen LogP contribution < -0.4 is 0 Å². The molecule has 7 atom stereocenters. The molecule has 4 aliphatic rings. The molecule has 0 amide bonds. The van der Waals surface area contributed by atoms with Gasteiger partial charge in [0, 0.05) is 13.3 Å². The lowest BCUT2D eigenvalue weighted by atomic mass is 9.47. The number of hydrogen-bond donors (Lipinski definition) is 0. The maximum Gasteiger partial charge on any atom is 0.302 e. The average Bonchev–Trinajstić information content (AvgIpc) is 2.99. The van der Waals surface area contributed by atoms with Crippen LogP contribution in [-0.4, -0.2) is 19.2 Å². The van der Waals surface area contributed by atoms with Crippen LogP contribution in [0.2, 0.25) is 0 Å². The van der Waals surface area contributed by atoms with Gasteiger partial charge in [-0.05, 0) is 91.9 Å². The minimum absolute atomic E-state index is 0.0972. The maximum atomic E-state index is 11.4. The Kier molecular flexibility index (Phi) is 5.17. The number of methoxy groups -OCH3 is 1. The first-order chi connectivity index (χ1) is 13.3. The first kappa shape index (κ1) is 20.0. The Labute approximate surface area is 170 Å². The van der Waals surface area contributed by atoms with E-state index in [-0.39, 0.29) is 12.1 Å². The summed E-state index contributed by atoms with van der Waals surface area (Å²) >= 11 is 0. The van der Waals surface area contributed by atoms with Crippen molar-refractivity contribution >= 4 is 5.97 Å². The molecule has 0 aromatic rings. The van der Waals surface area contributed by atoms with Crippen molar-refractivity contribution < 1.29 is 14.3 Å². The molecule has 3 heteroatoms. The first-order valence-electron chi connectivity index (χ1n) is 11.4. The lowest BCUT2D eigenvalue weighted by Gasteiger charge is -2.58. The van der Waals surface area contributed by atoms with Crippen molar-refractivity contribution in [1.82, 2.24) is 0 Å². The van der Waals surface area contributed by atoms with Gasteiger partial charge in [-0.15, -0.1) is 0 Å². The monoisotopic (exact) mass is 386 g/mol. The highest BCUT2D eigenvalue weighted by Gasteiger charge is 2.58. The molecule has 0 spiro atoms. The standard InChI is InChI=1S/C25H38O3/c1-16(15-27-5)21-8-9-22-20-7-6-18-14-19(28-17(2)26)10-12-24(18,3)23(20)11-13-25(21,22)4/h6,15,19-23H,7-14H2,1-5H3/b16-15+. The van der Waals surface area contributed by atoms with Gasteiger partial charge in [0.15, 0.2) is 0 Å². The number of rotatable bonds is 3. The van der Waals surface area contributed by atoms with Crippen molar-refractivity contribution in [3.63, 3.8) is 0 Å². The van der Waals surface area contributed by atoms with Gasteiger partial charge in [-0.3, -0.25) is 4.79 Å². The van der Waals surface area contributed by atoms with Crippen LogP contribution in [0.15, 0.2) is 23.5 Å². The maximum absolute atomic E-state index is 11.4. The molecule has 3 saturated carbocycles. The van der Waals surface area contributed by atoms with Gasteiger partial charge >= 0.3 is 5.97 Å². The molecule has 0 N–H and O–H groups in total. The molecule has 0 aromatic heterocycles. The van der Waals surface area contributed by atoms with Gasteiger partial charge in [-0.25, -0.2) is 0 Å². The molecule has 3 fully saturated rings. The Morgan fingerprint density at radius 3 is 2.61 bits per heavy atom. The summed E-state index contributed by atoms with van der Waals surface area (Å²) in [4.78, 5) is 11.4. The highest BCUT2D eigenvalue weighted by Crippen LogP contribution is 2.67. The second kappa shape index (κ2) is 7.22. The summed E-state index contributed by atoms with van der Waals surface area (Å²) in [5.74, 6) is 2.99. The summed E-state index contributed by atoms with van der Waals surface area (Å²) in [5, 5.41) is 0. The van der Waals surface area contributed by atoms with E-state index in [1.807, 2.05) is 6.26 Å². The summed E-state index contributed by atoms with van der Waals surface area (Å²) in [7, 11) is 1.77. The lowest BCUT2D eigenvalue weighted by molar-refractivity contribution is -0.148. The first-order valence-corrected chi connectivity index (χ1v) is 11.4. The summed E-state index contributed by atoms with van der Waals surface area (Å²) in [6, 6.07) is 0. The molecule has 0 aromatic carbocycles. The molecular formula is C25H38O3. The van der Waals surface area contributed by atoms with E-state index in [9.17, 15) is 4.79 Å². The van der Waals surface area contributed by atoms with Crippen LogP contribution >= 0.6 is 0 Å². The zero-order valence-electron chi connectivity index (χ0n) is 18.4. The summed E-state index contributed by atoms with van der Waals surface area (Å²) in [6.07, 6.45) is 14.4. The number of allylic oxidation sites excluding steroid dienone is 2. The smallest absolute Gasteiger partial charge is 0.302 e. The van der Waals surface area contributed by atoms with E-state index in [1.165, 1.54) is 51.0 Å². The van der Waals surface area contributed by atoms with Crippen LogP contribution in [-0.2, 0) is 14.3 Å². The van der Waals surface area contributed by atoms with E-state index in [1.54, 1.807) is 12.7 Å². The fourth-order valence-electron chi connectivity index (χ4n) is 7.98. The van der Waals surface area contributed by atoms with Gasteiger partial charge < -0.3 is 9.47 Å². The zero-order chi connectivity index (χ0) is 20.1. The molecule has 4 aliphatic carbocycles. The Hall–Kier alpha value is -1.25. The molecule has 3 nitrogen and oxygen atoms in total. The van der Waals surface area contributed by atoms with Crippen molar-refractivity contribution in [3.8, 4) is 0 Å². The number of hydrogen-bond acceptors (Lipinski definition) is 3. The van der Waals surface area contributed by atoms with Gasteiger partial charge in [0.25, 0.3) is 0 Å². The Morgan fingerprint density at radius 2 is 1.89 bits per heavy atom. The van der Waals surface area contributed by atoms with Crippen LogP contribution in [0, 0.1) is 34.5 Å². The zero-order valence-corrected chi connectivity index (χ0v) is 18.4. The van der Waals surface area contributed by atoms with Gasteiger partial charge in [-0.1, -0.05) is 25.5 Å². The van der Waals surface area contributed by atoms with Crippen LogP contribution in [0.25, 0.3) is 0 Å². The molecular weight excluding hydrogens is 348 g/mol. The number of esters is 1. The second-order valence-electron chi connectivity index (χ2n) is 10.5. The third-order valence-electron chi connectivity index (χ3n) is 9.24. The molecule has 7 unspecified atom stereocenters. The number of fused-ring (bicyclic) bond motifs is 5. The topological polar surface area (TPSA) is 35.5 Å². The van der Waals surface area contributed by atoms with E-state index in [0.717, 1.165) is 30.6 Å². The predicted octanol–water partition coefficient (Wildman–Crippen LogP) is 6.05. The van der Waals surface area contributed by atoms with E-state index < -0.39 is 0 Å². The fourth-order valence-corrected chi connectivity index (χ4v) is 7.98. The largest absolute Gasteiger partial charge is 0.504 e. The van der Waals surface area contributed by atoms with Crippen molar-refractivity contribution in [1.29, 1.82) is 0 Å². The number of ether oxygens (including phenoxy) is 2. The third-order valence-corrected chi connectivity index (χ3v) is 9.24. The van der Waals surface area contributed by atoms with E-state index in [0.29, 0.717) is 16.7 Å². The highest BCUT2D eigenvalue weighted by molar-refractivity contribution is 5.66. The quantitative estimate of drug-likeness (QED) is 0.337. The van der Waals surface area contributed by atoms with E-state index in [2.05, 4.69) is 26.8 Å². The molecule has 4 rings (SSSR count). The average molecular weight is 387 g/mol. The van der Waals surface area contributed by atoms with Gasteiger partial charge in [0.1, 0.15) is 6.10 Å².